The number of benzene rings is 2. The number of nitro benzene ring substituents is 1. The molecule has 2 N–H and O–H groups in total. The molecule has 0 unspecified atom stereocenters. The number of imidazole rings is 1. The van der Waals surface area contributed by atoms with Crippen LogP contribution in [0.4, 0.5) is 10.1 Å². The Morgan fingerprint density at radius 1 is 1.35 bits per heavy atom. The highest BCUT2D eigenvalue weighted by molar-refractivity contribution is 5.95. The van der Waals surface area contributed by atoms with E-state index in [-0.39, 0.29) is 29.4 Å². The van der Waals surface area contributed by atoms with Gasteiger partial charge in [-0.1, -0.05) is 0 Å². The molecule has 1 amide bonds. The Kier molecular flexibility index (Phi) is 4.78. The second kappa shape index (κ2) is 7.18. The molecule has 0 aliphatic heterocycles. The molecule has 0 bridgehead atoms. The first-order chi connectivity index (χ1) is 12.5. The van der Waals surface area contributed by atoms with Crippen molar-refractivity contribution in [3.8, 4) is 5.75 Å². The third-order valence-electron chi connectivity index (χ3n) is 3.78. The molecule has 0 fully saturated rings. The van der Waals surface area contributed by atoms with Crippen LogP contribution in [0.15, 0.2) is 36.4 Å². The fourth-order valence-electron chi connectivity index (χ4n) is 2.52. The van der Waals surface area contributed by atoms with E-state index in [9.17, 15) is 19.3 Å². The second-order valence-corrected chi connectivity index (χ2v) is 5.49. The van der Waals surface area contributed by atoms with Crippen LogP contribution in [0.5, 0.6) is 5.75 Å². The number of aromatic nitrogens is 2. The molecule has 0 radical (unpaired) electrons. The van der Waals surface area contributed by atoms with Gasteiger partial charge in [-0.25, -0.2) is 9.37 Å². The molecular weight excluding hydrogens is 343 g/mol. The predicted octanol–water partition coefficient (Wildman–Crippen LogP) is 2.59. The summed E-state index contributed by atoms with van der Waals surface area (Å²) >= 11 is 0. The van der Waals surface area contributed by atoms with Crippen molar-refractivity contribution in [3.05, 3.63) is 63.7 Å². The fraction of sp³-hybridized carbons (Fsp3) is 0.176. The lowest BCUT2D eigenvalue weighted by Gasteiger charge is -2.06. The smallest absolute Gasteiger partial charge is 0.311 e. The van der Waals surface area contributed by atoms with Crippen molar-refractivity contribution in [1.82, 2.24) is 15.3 Å². The minimum Gasteiger partial charge on any atom is -0.490 e. The maximum atomic E-state index is 13.2. The van der Waals surface area contributed by atoms with Gasteiger partial charge >= 0.3 is 5.69 Å². The lowest BCUT2D eigenvalue weighted by molar-refractivity contribution is -0.385. The van der Waals surface area contributed by atoms with Gasteiger partial charge in [0.25, 0.3) is 5.91 Å². The summed E-state index contributed by atoms with van der Waals surface area (Å²) < 4.78 is 18.1. The molecule has 1 heterocycles. The normalized spacial score (nSPS) is 10.7. The fourth-order valence-corrected chi connectivity index (χ4v) is 2.52. The Labute approximate surface area is 147 Å². The standard InChI is InChI=1S/C17H15FN4O4/c1-26-15-5-2-10(8-14(15)22(24)25)17(23)19-7-6-16-20-12-4-3-11(18)9-13(12)21-16/h2-5,8-9H,6-7H2,1H3,(H,19,23)(H,20,21). The Morgan fingerprint density at radius 2 is 2.15 bits per heavy atom. The number of H-pyrrole nitrogens is 1. The van der Waals surface area contributed by atoms with Gasteiger partial charge in [0, 0.05) is 24.6 Å². The Bertz CT molecular complexity index is 986. The topological polar surface area (TPSA) is 110 Å². The maximum Gasteiger partial charge on any atom is 0.311 e. The summed E-state index contributed by atoms with van der Waals surface area (Å²) in [6.45, 7) is 0.265. The molecule has 0 spiro atoms. The quantitative estimate of drug-likeness (QED) is 0.520. The first kappa shape index (κ1) is 17.3. The van der Waals surface area contributed by atoms with Crippen LogP contribution in [-0.2, 0) is 6.42 Å². The predicted molar refractivity (Wildman–Crippen MR) is 91.7 cm³/mol. The molecule has 0 atom stereocenters. The number of aromatic amines is 1. The lowest BCUT2D eigenvalue weighted by Crippen LogP contribution is -2.26. The lowest BCUT2D eigenvalue weighted by atomic mass is 10.1. The molecule has 3 aromatic rings. The Morgan fingerprint density at radius 3 is 2.88 bits per heavy atom. The summed E-state index contributed by atoms with van der Waals surface area (Å²) in [4.78, 5) is 29.9. The van der Waals surface area contributed by atoms with E-state index >= 15 is 0 Å². The molecule has 2 aromatic carbocycles. The van der Waals surface area contributed by atoms with E-state index in [0.29, 0.717) is 23.3 Å². The average molecular weight is 358 g/mol. The third kappa shape index (κ3) is 3.61. The Hall–Kier alpha value is -3.49. The summed E-state index contributed by atoms with van der Waals surface area (Å²) in [5.41, 5.74) is 1.10. The van der Waals surface area contributed by atoms with Gasteiger partial charge in [0.15, 0.2) is 5.75 Å². The van der Waals surface area contributed by atoms with Crippen molar-refractivity contribution in [1.29, 1.82) is 0 Å². The number of rotatable bonds is 6. The zero-order chi connectivity index (χ0) is 18.7. The number of fused-ring (bicyclic) bond motifs is 1. The van der Waals surface area contributed by atoms with Crippen LogP contribution in [-0.4, -0.2) is 34.5 Å². The van der Waals surface area contributed by atoms with Crippen molar-refractivity contribution >= 4 is 22.6 Å². The van der Waals surface area contributed by atoms with Gasteiger partial charge in [0.05, 0.1) is 23.1 Å². The SMILES string of the molecule is COc1ccc(C(=O)NCCc2nc3ccc(F)cc3[nH]2)cc1[N+](=O)[O-]. The molecule has 0 aliphatic rings. The van der Waals surface area contributed by atoms with Crippen LogP contribution >= 0.6 is 0 Å². The first-order valence-corrected chi connectivity index (χ1v) is 7.72. The van der Waals surface area contributed by atoms with Gasteiger partial charge in [0.2, 0.25) is 0 Å². The number of methoxy groups -OCH3 is 1. The molecule has 0 aliphatic carbocycles. The van der Waals surface area contributed by atoms with E-state index in [4.69, 9.17) is 4.74 Å². The minimum absolute atomic E-state index is 0.0843. The molecular formula is C17H15FN4O4. The van der Waals surface area contributed by atoms with E-state index in [1.165, 1.54) is 31.4 Å². The maximum absolute atomic E-state index is 13.2. The minimum atomic E-state index is -0.608. The Balaban J connectivity index is 1.64. The van der Waals surface area contributed by atoms with Gasteiger partial charge in [-0.2, -0.15) is 0 Å². The number of carbonyl (C=O) groups excluding carboxylic acids is 1. The van der Waals surface area contributed by atoms with Gasteiger partial charge in [-0.15, -0.1) is 0 Å². The molecule has 26 heavy (non-hydrogen) atoms. The number of hydrogen-bond acceptors (Lipinski definition) is 5. The highest BCUT2D eigenvalue weighted by atomic mass is 19.1. The summed E-state index contributed by atoms with van der Waals surface area (Å²) in [7, 11) is 1.32. The van der Waals surface area contributed by atoms with Gasteiger partial charge in [-0.3, -0.25) is 14.9 Å². The number of ether oxygens (including phenoxy) is 1. The molecule has 9 heteroatoms. The molecule has 8 nitrogen and oxygen atoms in total. The average Bonchev–Trinajstić information content (AvgIpc) is 3.02. The van der Waals surface area contributed by atoms with Crippen LogP contribution < -0.4 is 10.1 Å². The van der Waals surface area contributed by atoms with Gasteiger partial charge < -0.3 is 15.0 Å². The van der Waals surface area contributed by atoms with Gasteiger partial charge in [-0.05, 0) is 30.3 Å². The van der Waals surface area contributed by atoms with E-state index in [0.717, 1.165) is 6.07 Å². The number of nitrogens with one attached hydrogen (secondary N) is 2. The zero-order valence-electron chi connectivity index (χ0n) is 13.8. The van der Waals surface area contributed by atoms with Crippen molar-refractivity contribution < 1.29 is 18.8 Å². The van der Waals surface area contributed by atoms with E-state index < -0.39 is 10.8 Å². The van der Waals surface area contributed by atoms with E-state index in [1.807, 2.05) is 0 Å². The monoisotopic (exact) mass is 358 g/mol. The highest BCUT2D eigenvalue weighted by Gasteiger charge is 2.18. The van der Waals surface area contributed by atoms with E-state index in [2.05, 4.69) is 15.3 Å². The van der Waals surface area contributed by atoms with Crippen LogP contribution in [0.25, 0.3) is 11.0 Å². The largest absolute Gasteiger partial charge is 0.490 e. The summed E-state index contributed by atoms with van der Waals surface area (Å²) in [5.74, 6) is -0.118. The van der Waals surface area contributed by atoms with Crippen LogP contribution in [0, 0.1) is 15.9 Å². The molecule has 3 rings (SSSR count). The third-order valence-corrected chi connectivity index (χ3v) is 3.78. The summed E-state index contributed by atoms with van der Waals surface area (Å²) in [6.07, 6.45) is 0.403. The highest BCUT2D eigenvalue weighted by Crippen LogP contribution is 2.27. The van der Waals surface area contributed by atoms with E-state index in [1.54, 1.807) is 6.07 Å². The van der Waals surface area contributed by atoms with Crippen molar-refractivity contribution in [3.63, 3.8) is 0 Å². The number of nitrogens with zero attached hydrogens (tertiary/aromatic N) is 2. The van der Waals surface area contributed by atoms with Crippen LogP contribution in [0.2, 0.25) is 0 Å². The summed E-state index contributed by atoms with van der Waals surface area (Å²) in [5, 5.41) is 13.7. The van der Waals surface area contributed by atoms with Crippen molar-refractivity contribution in [2.24, 2.45) is 0 Å². The number of carbonyl (C=O) groups is 1. The zero-order valence-corrected chi connectivity index (χ0v) is 13.8. The number of hydrogen-bond donors (Lipinski definition) is 2. The first-order valence-electron chi connectivity index (χ1n) is 7.72. The number of halogens is 1. The van der Waals surface area contributed by atoms with Crippen LogP contribution in [0.1, 0.15) is 16.2 Å². The molecule has 1 aromatic heterocycles. The second-order valence-electron chi connectivity index (χ2n) is 5.49. The number of nitro groups is 1. The molecule has 0 saturated heterocycles. The van der Waals surface area contributed by atoms with Crippen LogP contribution in [0.3, 0.4) is 0 Å². The van der Waals surface area contributed by atoms with Gasteiger partial charge in [0.1, 0.15) is 11.6 Å². The molecule has 0 saturated carbocycles. The van der Waals surface area contributed by atoms with Crippen molar-refractivity contribution in [2.75, 3.05) is 13.7 Å². The summed E-state index contributed by atoms with van der Waals surface area (Å²) in [6, 6.07) is 8.23. The number of amides is 1. The van der Waals surface area contributed by atoms with Crippen molar-refractivity contribution in [2.45, 2.75) is 6.42 Å². The molecule has 134 valence electrons.